The molecule has 3 aromatic carbocycles. The zero-order valence-electron chi connectivity index (χ0n) is 47.9. The number of aromatic nitrogens is 5. The van der Waals surface area contributed by atoms with Crippen molar-refractivity contribution in [2.24, 2.45) is 0 Å². The Kier molecular flexibility index (Phi) is 21.6. The summed E-state index contributed by atoms with van der Waals surface area (Å²) in [6, 6.07) is 16.6. The van der Waals surface area contributed by atoms with Crippen LogP contribution in [0.1, 0.15) is 78.3 Å². The molecular formula is C58H67F3N12O15. The van der Waals surface area contributed by atoms with E-state index in [4.69, 9.17) is 55.1 Å². The Morgan fingerprint density at radius 2 is 0.989 bits per heavy atom. The summed E-state index contributed by atoms with van der Waals surface area (Å²) >= 11 is 0. The molecule has 0 atom stereocenters. The van der Waals surface area contributed by atoms with Gasteiger partial charge in [0.25, 0.3) is 0 Å². The average Bonchev–Trinajstić information content (AvgIpc) is 1.51. The van der Waals surface area contributed by atoms with Crippen LogP contribution in [0.15, 0.2) is 89.7 Å². The Morgan fingerprint density at radius 1 is 0.568 bits per heavy atom. The third-order valence-corrected chi connectivity index (χ3v) is 13.1. The van der Waals surface area contributed by atoms with Crippen LogP contribution in [0.4, 0.5) is 63.0 Å². The molecule has 7 aromatic rings. The molecule has 10 rings (SSSR count). The lowest BCUT2D eigenvalue weighted by atomic mass is 10.1. The Balaban J connectivity index is 0.000000213. The van der Waals surface area contributed by atoms with Crippen molar-refractivity contribution in [3.63, 3.8) is 0 Å². The maximum atomic E-state index is 14.2. The summed E-state index contributed by atoms with van der Waals surface area (Å²) in [5.74, 6) is -0.755. The normalized spacial score (nSPS) is 14.8. The molecule has 0 saturated carbocycles. The Bertz CT molecular complexity index is 3750. The predicted octanol–water partition coefficient (Wildman–Crippen LogP) is 10.3. The number of nitrogen functional groups attached to an aromatic ring is 3. The van der Waals surface area contributed by atoms with Crippen LogP contribution in [0.3, 0.4) is 0 Å². The van der Waals surface area contributed by atoms with E-state index in [1.54, 1.807) is 44.2 Å². The molecular weight excluding hydrogens is 1160 g/mol. The number of nitrogens with zero attached hydrogens (tertiary/aromatic N) is 8. The first-order valence-corrected chi connectivity index (χ1v) is 27.9. The highest BCUT2D eigenvalue weighted by atomic mass is 19.1. The van der Waals surface area contributed by atoms with Gasteiger partial charge in [0, 0.05) is 39.3 Å². The highest BCUT2D eigenvalue weighted by molar-refractivity contribution is 5.94. The van der Waals surface area contributed by atoms with Crippen molar-refractivity contribution < 1.29 is 73.4 Å². The number of fused-ring (bicyclic) bond motifs is 11. The van der Waals surface area contributed by atoms with Gasteiger partial charge in [-0.15, -0.1) is 0 Å². The number of hydrogen-bond acceptors (Lipinski definition) is 21. The van der Waals surface area contributed by atoms with Crippen molar-refractivity contribution in [1.82, 2.24) is 24.5 Å². The molecule has 3 aliphatic rings. The minimum absolute atomic E-state index is 0. The fraction of sp³-hybridized carbons (Fsp3) is 0.345. The first kappa shape index (κ1) is 63.5. The van der Waals surface area contributed by atoms with Gasteiger partial charge in [-0.3, -0.25) is 34.6 Å². The van der Waals surface area contributed by atoms with E-state index in [2.05, 4.69) is 19.9 Å². The Morgan fingerprint density at radius 3 is 1.45 bits per heavy atom. The Labute approximate surface area is 502 Å². The van der Waals surface area contributed by atoms with Gasteiger partial charge < -0.3 is 60.1 Å². The first-order chi connectivity index (χ1) is 42.4. The number of benzene rings is 3. The summed E-state index contributed by atoms with van der Waals surface area (Å²) in [6.07, 6.45) is 7.08. The summed E-state index contributed by atoms with van der Waals surface area (Å²) in [5.41, 5.74) is 18.1. The molecule has 3 aliphatic heterocycles. The average molecular weight is 1230 g/mol. The van der Waals surface area contributed by atoms with Gasteiger partial charge in [0.15, 0.2) is 5.82 Å². The van der Waals surface area contributed by atoms with Gasteiger partial charge in [0.1, 0.15) is 58.2 Å². The number of rotatable bonds is 4. The summed E-state index contributed by atoms with van der Waals surface area (Å²) in [7, 11) is 0. The highest BCUT2D eigenvalue weighted by Gasteiger charge is 2.33. The molecule has 2 amide bonds. The van der Waals surface area contributed by atoms with Crippen LogP contribution in [0.25, 0.3) is 11.0 Å². The SMILES string of the molecule is CCOC(=O)N1Cc2cc(F)cc(c2)OC/C=C/CCOc2cc1c([N+](=O)[O-])c(N)n2.CCOC(=O)N1Cc2cc(F)cc(c2)OCCCCCOc2cc1c([N+](=O)[O-])c(N)n2.Nc1nc2cc3c1[nH]c(=O)n3Cc1cc(F)cc(c1)OCCCCCO2.[HH].[HH]. The van der Waals surface area contributed by atoms with E-state index in [0.29, 0.717) is 84.4 Å². The molecule has 0 aliphatic carbocycles. The van der Waals surface area contributed by atoms with E-state index in [1.807, 2.05) is 0 Å². The maximum absolute atomic E-state index is 14.2. The van der Waals surface area contributed by atoms with Crippen LogP contribution < -0.4 is 61.1 Å². The van der Waals surface area contributed by atoms with Gasteiger partial charge >= 0.3 is 29.3 Å². The molecule has 30 heteroatoms. The second kappa shape index (κ2) is 30.0. The minimum atomic E-state index is -0.875. The zero-order valence-corrected chi connectivity index (χ0v) is 47.9. The fourth-order valence-corrected chi connectivity index (χ4v) is 9.25. The van der Waals surface area contributed by atoms with E-state index in [1.165, 1.54) is 59.2 Å². The number of amides is 2. The van der Waals surface area contributed by atoms with Crippen molar-refractivity contribution in [1.29, 1.82) is 0 Å². The van der Waals surface area contributed by atoms with Gasteiger partial charge in [-0.05, 0) is 112 Å². The minimum Gasteiger partial charge on any atom is -0.493 e. The van der Waals surface area contributed by atoms with Crippen LogP contribution in [-0.2, 0) is 29.1 Å². The number of aromatic amines is 1. The van der Waals surface area contributed by atoms with Crippen LogP contribution in [0, 0.1) is 37.7 Å². The summed E-state index contributed by atoms with van der Waals surface area (Å²) < 4.78 is 87.6. The summed E-state index contributed by atoms with van der Waals surface area (Å²) in [5, 5.41) is 23.4. The van der Waals surface area contributed by atoms with E-state index in [-0.39, 0.29) is 89.3 Å². The number of halogens is 3. The Hall–Kier alpha value is -10.6. The number of anilines is 5. The second-order valence-electron chi connectivity index (χ2n) is 19.6. The van der Waals surface area contributed by atoms with E-state index >= 15 is 0 Å². The number of carbonyl (C=O) groups is 2. The topological polar surface area (TPSA) is 355 Å². The molecule has 27 nitrogen and oxygen atoms in total. The van der Waals surface area contributed by atoms with Gasteiger partial charge in [-0.25, -0.2) is 27.6 Å². The summed E-state index contributed by atoms with van der Waals surface area (Å²) in [6.45, 7) is 5.04. The molecule has 470 valence electrons. The molecule has 4 aromatic heterocycles. The molecule has 7 N–H and O–H groups in total. The number of H-pyrrole nitrogens is 1. The second-order valence-corrected chi connectivity index (χ2v) is 19.6. The molecule has 12 bridgehead atoms. The third-order valence-electron chi connectivity index (χ3n) is 13.1. The molecule has 0 spiro atoms. The molecule has 7 heterocycles. The van der Waals surface area contributed by atoms with E-state index in [0.717, 1.165) is 41.9 Å². The number of imidazole rings is 1. The number of nitrogens with two attached hydrogens (primary N) is 3. The van der Waals surface area contributed by atoms with Crippen molar-refractivity contribution in [3.8, 4) is 34.9 Å². The van der Waals surface area contributed by atoms with Gasteiger partial charge in [0.2, 0.25) is 29.3 Å². The molecule has 0 saturated heterocycles. The zero-order chi connectivity index (χ0) is 62.9. The van der Waals surface area contributed by atoms with Crippen molar-refractivity contribution in [2.45, 2.75) is 78.4 Å². The molecule has 88 heavy (non-hydrogen) atoms. The largest absolute Gasteiger partial charge is 0.493 e. The standard InChI is InChI=1S/C20H23FN4O6.C20H21FN4O6.C18H19FN4O3.2H2/c2*1-2-29-20(26)24-12-13-8-14(21)10-15(9-13)30-6-4-3-5-7-31-17-11-16(24)18(25(27)28)19(22)23-17;19-12-6-11-7-13(8-12)25-4-2-1-3-5-26-15-9-14-16(17(20)21-15)22-18(24)23(14)10-11;;/h8-11H,2-7,12H2,1H3,(H2,22,23);3-4,8-11H,2,5-7,12H2,1H3,(H2,22,23);6-9H,1-5,10H2,(H2,20,21)(H,22,24);2*1H/b;4-3+;;;. The smallest absolute Gasteiger partial charge is 0.414 e. The van der Waals surface area contributed by atoms with E-state index in [9.17, 15) is 47.8 Å². The maximum Gasteiger partial charge on any atom is 0.414 e. The van der Waals surface area contributed by atoms with Gasteiger partial charge in [-0.2, -0.15) is 15.0 Å². The first-order valence-electron chi connectivity index (χ1n) is 27.9. The number of carbonyl (C=O) groups excluding carboxylic acids is 2. The predicted molar refractivity (Wildman–Crippen MR) is 319 cm³/mol. The summed E-state index contributed by atoms with van der Waals surface area (Å²) in [4.78, 5) is 76.5. The van der Waals surface area contributed by atoms with Crippen LogP contribution in [0.5, 0.6) is 34.9 Å². The van der Waals surface area contributed by atoms with Gasteiger partial charge in [-0.1, -0.05) is 12.2 Å². The lowest BCUT2D eigenvalue weighted by Gasteiger charge is -2.23. The lowest BCUT2D eigenvalue weighted by molar-refractivity contribution is -0.383. The highest BCUT2D eigenvalue weighted by Crippen LogP contribution is 2.39. The van der Waals surface area contributed by atoms with E-state index < -0.39 is 62.5 Å². The number of pyridine rings is 3. The van der Waals surface area contributed by atoms with Gasteiger partial charge in [0.05, 0.1) is 81.2 Å². The number of hydrogen-bond donors (Lipinski definition) is 4. The van der Waals surface area contributed by atoms with Crippen molar-refractivity contribution in [2.75, 3.05) is 79.9 Å². The quantitative estimate of drug-likeness (QED) is 0.0722. The van der Waals surface area contributed by atoms with Crippen LogP contribution in [0.2, 0.25) is 0 Å². The van der Waals surface area contributed by atoms with Crippen LogP contribution >= 0.6 is 0 Å². The lowest BCUT2D eigenvalue weighted by Crippen LogP contribution is -2.32. The van der Waals surface area contributed by atoms with Crippen molar-refractivity contribution in [3.05, 3.63) is 150 Å². The third kappa shape index (κ3) is 16.9. The van der Waals surface area contributed by atoms with Crippen LogP contribution in [-0.4, -0.2) is 99.4 Å². The number of ether oxygens (including phenoxy) is 8. The monoisotopic (exact) mass is 1230 g/mol. The van der Waals surface area contributed by atoms with Crippen molar-refractivity contribution >= 4 is 63.4 Å². The number of nitro groups is 2. The fourth-order valence-electron chi connectivity index (χ4n) is 9.25. The molecule has 0 radical (unpaired) electrons. The molecule has 0 fully saturated rings. The number of nitrogens with one attached hydrogen (secondary N) is 1. The molecule has 0 unspecified atom stereocenters.